The molecule has 1 amide bonds. The van der Waals surface area contributed by atoms with Crippen molar-refractivity contribution in [2.24, 2.45) is 5.92 Å². The number of nitrogens with zero attached hydrogens (tertiary/aromatic N) is 2. The summed E-state index contributed by atoms with van der Waals surface area (Å²) in [6, 6.07) is 9.76. The fraction of sp³-hybridized carbons (Fsp3) is 0.368. The number of carbonyl (C=O) groups excluding carboxylic acids is 1. The van der Waals surface area contributed by atoms with Crippen molar-refractivity contribution in [2.75, 3.05) is 20.1 Å². The number of sulfonamides is 1. The van der Waals surface area contributed by atoms with Gasteiger partial charge in [0, 0.05) is 38.1 Å². The molecule has 26 heavy (non-hydrogen) atoms. The molecule has 0 spiro atoms. The Morgan fingerprint density at radius 3 is 2.31 bits per heavy atom. The number of pyridine rings is 1. The van der Waals surface area contributed by atoms with Gasteiger partial charge in [-0.25, -0.2) is 12.7 Å². The second kappa shape index (κ2) is 8.91. The lowest BCUT2D eigenvalue weighted by molar-refractivity contribution is 0.0949. The SMILES string of the molecule is CC(C)CNC(=O)c1ccc(S(=O)(=O)N(C)CCc2ccncc2)cc1. The lowest BCUT2D eigenvalue weighted by Crippen LogP contribution is -2.29. The Morgan fingerprint density at radius 1 is 1.12 bits per heavy atom. The number of hydrogen-bond donors (Lipinski definition) is 1. The van der Waals surface area contributed by atoms with Gasteiger partial charge in [-0.2, -0.15) is 0 Å². The monoisotopic (exact) mass is 375 g/mol. The molecule has 1 aromatic carbocycles. The standard InChI is InChI=1S/C19H25N3O3S/c1-15(2)14-21-19(23)17-4-6-18(7-5-17)26(24,25)22(3)13-10-16-8-11-20-12-9-16/h4-9,11-12,15H,10,13-14H2,1-3H3,(H,21,23). The van der Waals surface area contributed by atoms with Crippen LogP contribution in [0.5, 0.6) is 0 Å². The van der Waals surface area contributed by atoms with Gasteiger partial charge in [-0.3, -0.25) is 9.78 Å². The number of likely N-dealkylation sites (N-methyl/N-ethyl adjacent to an activating group) is 1. The number of hydrogen-bond acceptors (Lipinski definition) is 4. The predicted molar refractivity (Wildman–Crippen MR) is 101 cm³/mol. The molecule has 1 N–H and O–H groups in total. The lowest BCUT2D eigenvalue weighted by atomic mass is 10.2. The molecule has 6 nitrogen and oxygen atoms in total. The first-order valence-corrected chi connectivity index (χ1v) is 9.98. The maximum atomic E-state index is 12.7. The summed E-state index contributed by atoms with van der Waals surface area (Å²) in [6.45, 7) is 4.97. The predicted octanol–water partition coefficient (Wildman–Crippen LogP) is 2.33. The van der Waals surface area contributed by atoms with Crippen LogP contribution in [0.1, 0.15) is 29.8 Å². The Labute approximate surface area is 155 Å². The van der Waals surface area contributed by atoms with Crippen LogP contribution in [0, 0.1) is 5.92 Å². The molecule has 0 radical (unpaired) electrons. The summed E-state index contributed by atoms with van der Waals surface area (Å²) < 4.78 is 26.6. The van der Waals surface area contributed by atoms with E-state index in [9.17, 15) is 13.2 Å². The van der Waals surface area contributed by atoms with E-state index in [-0.39, 0.29) is 10.8 Å². The summed E-state index contributed by atoms with van der Waals surface area (Å²) in [7, 11) is -2.04. The first kappa shape index (κ1) is 20.1. The molecule has 1 aromatic heterocycles. The van der Waals surface area contributed by atoms with E-state index in [0.29, 0.717) is 31.0 Å². The van der Waals surface area contributed by atoms with Crippen LogP contribution in [-0.4, -0.2) is 43.8 Å². The van der Waals surface area contributed by atoms with Crippen LogP contribution < -0.4 is 5.32 Å². The third-order valence-electron chi connectivity index (χ3n) is 3.96. The Morgan fingerprint density at radius 2 is 1.73 bits per heavy atom. The zero-order valence-electron chi connectivity index (χ0n) is 15.3. The lowest BCUT2D eigenvalue weighted by Gasteiger charge is -2.17. The molecule has 0 saturated heterocycles. The van der Waals surface area contributed by atoms with Gasteiger partial charge in [-0.15, -0.1) is 0 Å². The van der Waals surface area contributed by atoms with Gasteiger partial charge in [0.05, 0.1) is 4.90 Å². The van der Waals surface area contributed by atoms with E-state index in [1.54, 1.807) is 31.6 Å². The van der Waals surface area contributed by atoms with Crippen LogP contribution in [-0.2, 0) is 16.4 Å². The highest BCUT2D eigenvalue weighted by Crippen LogP contribution is 2.16. The highest BCUT2D eigenvalue weighted by atomic mass is 32.2. The van der Waals surface area contributed by atoms with Crippen LogP contribution in [0.25, 0.3) is 0 Å². The van der Waals surface area contributed by atoms with Crippen molar-refractivity contribution in [3.8, 4) is 0 Å². The number of aromatic nitrogens is 1. The van der Waals surface area contributed by atoms with Crippen molar-refractivity contribution in [1.29, 1.82) is 0 Å². The Balaban J connectivity index is 2.02. The zero-order valence-corrected chi connectivity index (χ0v) is 16.2. The minimum absolute atomic E-state index is 0.176. The number of amides is 1. The van der Waals surface area contributed by atoms with Crippen molar-refractivity contribution in [3.05, 3.63) is 59.9 Å². The maximum absolute atomic E-state index is 12.7. The van der Waals surface area contributed by atoms with Gasteiger partial charge >= 0.3 is 0 Å². The van der Waals surface area contributed by atoms with Gasteiger partial charge in [0.15, 0.2) is 0 Å². The molecular formula is C19H25N3O3S. The molecule has 1 heterocycles. The molecule has 0 aliphatic carbocycles. The Kier molecular flexibility index (Phi) is 6.88. The molecule has 0 saturated carbocycles. The van der Waals surface area contributed by atoms with Gasteiger partial charge in [0.1, 0.15) is 0 Å². The second-order valence-electron chi connectivity index (χ2n) is 6.56. The normalized spacial score (nSPS) is 11.7. The number of rotatable bonds is 8. The molecule has 2 rings (SSSR count). The molecule has 0 atom stereocenters. The van der Waals surface area contributed by atoms with E-state index in [1.807, 2.05) is 26.0 Å². The molecule has 140 valence electrons. The summed E-state index contributed by atoms with van der Waals surface area (Å²) in [5.41, 5.74) is 1.48. The third kappa shape index (κ3) is 5.37. The van der Waals surface area contributed by atoms with Crippen molar-refractivity contribution in [1.82, 2.24) is 14.6 Å². The quantitative estimate of drug-likeness (QED) is 0.768. The van der Waals surface area contributed by atoms with Crippen LogP contribution in [0.15, 0.2) is 53.7 Å². The van der Waals surface area contributed by atoms with Gasteiger partial charge in [0.25, 0.3) is 5.91 Å². The van der Waals surface area contributed by atoms with Gasteiger partial charge in [-0.1, -0.05) is 13.8 Å². The minimum atomic E-state index is -3.59. The van der Waals surface area contributed by atoms with Gasteiger partial charge in [-0.05, 0) is 54.3 Å². The zero-order chi connectivity index (χ0) is 19.2. The highest BCUT2D eigenvalue weighted by Gasteiger charge is 2.20. The van der Waals surface area contributed by atoms with E-state index < -0.39 is 10.0 Å². The molecule has 0 unspecified atom stereocenters. The third-order valence-corrected chi connectivity index (χ3v) is 5.83. The molecule has 0 fully saturated rings. The Bertz CT molecular complexity index is 819. The van der Waals surface area contributed by atoms with E-state index >= 15 is 0 Å². The first-order chi connectivity index (χ1) is 12.3. The highest BCUT2D eigenvalue weighted by molar-refractivity contribution is 7.89. The topological polar surface area (TPSA) is 79.4 Å². The van der Waals surface area contributed by atoms with Crippen LogP contribution in [0.2, 0.25) is 0 Å². The average molecular weight is 375 g/mol. The molecule has 0 bridgehead atoms. The van der Waals surface area contributed by atoms with Gasteiger partial charge in [0.2, 0.25) is 10.0 Å². The molecular weight excluding hydrogens is 350 g/mol. The fourth-order valence-corrected chi connectivity index (χ4v) is 3.48. The summed E-state index contributed by atoms with van der Waals surface area (Å²) in [5, 5.41) is 2.81. The summed E-state index contributed by atoms with van der Waals surface area (Å²) >= 11 is 0. The van der Waals surface area contributed by atoms with E-state index in [4.69, 9.17) is 0 Å². The summed E-state index contributed by atoms with van der Waals surface area (Å²) in [6.07, 6.45) is 3.98. The summed E-state index contributed by atoms with van der Waals surface area (Å²) in [5.74, 6) is 0.154. The second-order valence-corrected chi connectivity index (χ2v) is 8.61. The maximum Gasteiger partial charge on any atom is 0.251 e. The fourth-order valence-electron chi connectivity index (χ4n) is 2.31. The average Bonchev–Trinajstić information content (AvgIpc) is 2.65. The van der Waals surface area contributed by atoms with E-state index in [2.05, 4.69) is 10.3 Å². The van der Waals surface area contributed by atoms with Crippen molar-refractivity contribution < 1.29 is 13.2 Å². The van der Waals surface area contributed by atoms with Crippen molar-refractivity contribution in [2.45, 2.75) is 25.2 Å². The number of carbonyl (C=O) groups is 1. The largest absolute Gasteiger partial charge is 0.352 e. The smallest absolute Gasteiger partial charge is 0.251 e. The van der Waals surface area contributed by atoms with Crippen molar-refractivity contribution >= 4 is 15.9 Å². The minimum Gasteiger partial charge on any atom is -0.352 e. The van der Waals surface area contributed by atoms with Crippen LogP contribution in [0.4, 0.5) is 0 Å². The number of benzene rings is 1. The van der Waals surface area contributed by atoms with Crippen molar-refractivity contribution in [3.63, 3.8) is 0 Å². The number of nitrogens with one attached hydrogen (secondary N) is 1. The molecule has 0 aliphatic heterocycles. The molecule has 2 aromatic rings. The molecule has 7 heteroatoms. The van der Waals surface area contributed by atoms with E-state index in [1.165, 1.54) is 16.4 Å². The molecule has 0 aliphatic rings. The Hall–Kier alpha value is -2.25. The van der Waals surface area contributed by atoms with Crippen LogP contribution in [0.3, 0.4) is 0 Å². The van der Waals surface area contributed by atoms with Crippen LogP contribution >= 0.6 is 0 Å². The first-order valence-electron chi connectivity index (χ1n) is 8.54. The summed E-state index contributed by atoms with van der Waals surface area (Å²) in [4.78, 5) is 16.2. The van der Waals surface area contributed by atoms with E-state index in [0.717, 1.165) is 5.56 Å². The van der Waals surface area contributed by atoms with Gasteiger partial charge < -0.3 is 5.32 Å².